The van der Waals surface area contributed by atoms with Crippen LogP contribution >= 0.6 is 0 Å². The quantitative estimate of drug-likeness (QED) is 0.305. The first kappa shape index (κ1) is 17.7. The molecule has 1 aromatic carbocycles. The molecule has 8 nitrogen and oxygen atoms in total. The molecule has 0 spiro atoms. The molecular formula is C16H22N4O4. The van der Waals surface area contributed by atoms with E-state index in [9.17, 15) is 9.90 Å². The first-order chi connectivity index (χ1) is 11.5. The summed E-state index contributed by atoms with van der Waals surface area (Å²) in [5.74, 6) is 0.150. The van der Waals surface area contributed by atoms with Crippen molar-refractivity contribution < 1.29 is 19.8 Å². The van der Waals surface area contributed by atoms with Crippen LogP contribution in [0.3, 0.4) is 0 Å². The van der Waals surface area contributed by atoms with Crippen molar-refractivity contribution in [2.45, 2.75) is 18.9 Å². The summed E-state index contributed by atoms with van der Waals surface area (Å²) in [6.07, 6.45) is 2.22. The smallest absolute Gasteiger partial charge is 0.290 e. The summed E-state index contributed by atoms with van der Waals surface area (Å²) in [6.45, 7) is 2.84. The second-order valence-corrected chi connectivity index (χ2v) is 5.97. The Morgan fingerprint density at radius 1 is 1.38 bits per heavy atom. The number of nitrogen functional groups attached to an aromatic ring is 1. The van der Waals surface area contributed by atoms with Crippen LogP contribution in [-0.4, -0.2) is 58.9 Å². The predicted molar refractivity (Wildman–Crippen MR) is 89.1 cm³/mol. The molecule has 2 bridgehead atoms. The number of piperidine rings is 3. The largest absolute Gasteiger partial charge is 0.508 e. The molecule has 0 aromatic heterocycles. The van der Waals surface area contributed by atoms with Crippen LogP contribution < -0.4 is 11.1 Å². The summed E-state index contributed by atoms with van der Waals surface area (Å²) < 4.78 is 0. The molecule has 1 aromatic rings. The second kappa shape index (κ2) is 7.78. The summed E-state index contributed by atoms with van der Waals surface area (Å²) >= 11 is 0. The van der Waals surface area contributed by atoms with Gasteiger partial charge >= 0.3 is 0 Å². The number of nitrogens with two attached hydrogens (primary N) is 1. The fraction of sp³-hybridized carbons (Fsp3) is 0.438. The van der Waals surface area contributed by atoms with Crippen molar-refractivity contribution in [2.75, 3.05) is 25.4 Å². The highest BCUT2D eigenvalue weighted by atomic mass is 16.3. The number of phenolic OH excluding ortho intramolecular Hbond substituents is 1. The first-order valence-electron chi connectivity index (χ1n) is 7.74. The SMILES string of the molecule is N=C(C(=O)N[C@H]1CN2CCC1CC2)c1ccc(O)cc1N.O=CO. The van der Waals surface area contributed by atoms with Gasteiger partial charge in [-0.1, -0.05) is 0 Å². The maximum absolute atomic E-state index is 12.3. The number of aromatic hydroxyl groups is 1. The maximum Gasteiger partial charge on any atom is 0.290 e. The van der Waals surface area contributed by atoms with Crippen molar-refractivity contribution in [1.29, 1.82) is 5.41 Å². The van der Waals surface area contributed by atoms with E-state index in [1.807, 2.05) is 0 Å². The lowest BCUT2D eigenvalue weighted by atomic mass is 9.84. The molecule has 0 saturated carbocycles. The van der Waals surface area contributed by atoms with Gasteiger partial charge in [0.25, 0.3) is 12.4 Å². The Hall–Kier alpha value is -2.61. The molecule has 0 unspecified atom stereocenters. The average molecular weight is 334 g/mol. The maximum atomic E-state index is 12.3. The van der Waals surface area contributed by atoms with E-state index in [0.29, 0.717) is 11.5 Å². The molecule has 3 aliphatic rings. The predicted octanol–water partition coefficient (Wildman–Crippen LogP) is 0.253. The van der Waals surface area contributed by atoms with E-state index in [0.717, 1.165) is 32.5 Å². The number of carbonyl (C=O) groups is 2. The minimum atomic E-state index is -0.397. The molecule has 1 amide bonds. The number of hydrogen-bond donors (Lipinski definition) is 5. The molecule has 8 heteroatoms. The first-order valence-corrected chi connectivity index (χ1v) is 7.74. The monoisotopic (exact) mass is 334 g/mol. The van der Waals surface area contributed by atoms with Crippen molar-refractivity contribution in [2.24, 2.45) is 5.92 Å². The number of hydrogen-bond acceptors (Lipinski definition) is 6. The molecule has 1 atom stereocenters. The van der Waals surface area contributed by atoms with Gasteiger partial charge in [-0.2, -0.15) is 0 Å². The van der Waals surface area contributed by atoms with E-state index >= 15 is 0 Å². The Morgan fingerprint density at radius 3 is 2.50 bits per heavy atom. The molecule has 0 radical (unpaired) electrons. The Kier molecular flexibility index (Phi) is 5.75. The van der Waals surface area contributed by atoms with Gasteiger partial charge in [-0.3, -0.25) is 15.0 Å². The van der Waals surface area contributed by atoms with Crippen molar-refractivity contribution in [3.8, 4) is 5.75 Å². The highest BCUT2D eigenvalue weighted by molar-refractivity contribution is 6.45. The lowest BCUT2D eigenvalue weighted by Gasteiger charge is -2.44. The van der Waals surface area contributed by atoms with Gasteiger partial charge in [0, 0.05) is 29.9 Å². The molecule has 6 N–H and O–H groups in total. The summed E-state index contributed by atoms with van der Waals surface area (Å²) in [7, 11) is 0. The Labute approximate surface area is 139 Å². The summed E-state index contributed by atoms with van der Waals surface area (Å²) in [5.41, 5.74) is 6.21. The number of anilines is 1. The molecule has 0 aliphatic carbocycles. The topological polar surface area (TPSA) is 140 Å². The van der Waals surface area contributed by atoms with Gasteiger partial charge < -0.3 is 26.2 Å². The van der Waals surface area contributed by atoms with Crippen LogP contribution in [0.4, 0.5) is 5.69 Å². The highest BCUT2D eigenvalue weighted by Crippen LogP contribution is 2.27. The van der Waals surface area contributed by atoms with Crippen LogP contribution in [0.25, 0.3) is 0 Å². The lowest BCUT2D eigenvalue weighted by molar-refractivity contribution is -0.123. The fourth-order valence-electron chi connectivity index (χ4n) is 3.27. The minimum Gasteiger partial charge on any atom is -0.508 e. The minimum absolute atomic E-state index is 0.0295. The van der Waals surface area contributed by atoms with Gasteiger partial charge in [0.05, 0.1) is 0 Å². The van der Waals surface area contributed by atoms with E-state index in [-0.39, 0.29) is 29.7 Å². The van der Waals surface area contributed by atoms with Crippen molar-refractivity contribution in [3.05, 3.63) is 23.8 Å². The molecular weight excluding hydrogens is 312 g/mol. The van der Waals surface area contributed by atoms with Gasteiger partial charge in [0.15, 0.2) is 0 Å². The van der Waals surface area contributed by atoms with Gasteiger partial charge in [-0.25, -0.2) is 0 Å². The van der Waals surface area contributed by atoms with E-state index in [2.05, 4.69) is 10.2 Å². The van der Waals surface area contributed by atoms with Crippen LogP contribution in [0.15, 0.2) is 18.2 Å². The van der Waals surface area contributed by atoms with Gasteiger partial charge in [0.2, 0.25) is 0 Å². The van der Waals surface area contributed by atoms with E-state index in [1.165, 1.54) is 18.2 Å². The van der Waals surface area contributed by atoms with E-state index < -0.39 is 5.91 Å². The molecule has 4 rings (SSSR count). The Balaban J connectivity index is 0.000000647. The zero-order chi connectivity index (χ0) is 17.7. The lowest BCUT2D eigenvalue weighted by Crippen LogP contribution is -2.58. The summed E-state index contributed by atoms with van der Waals surface area (Å²) in [5, 5.41) is 27.2. The number of fused-ring (bicyclic) bond motifs is 3. The number of nitrogens with one attached hydrogen (secondary N) is 2. The number of carboxylic acid groups (broad SMARTS) is 1. The number of phenols is 1. The van der Waals surface area contributed by atoms with Gasteiger partial charge in [-0.15, -0.1) is 0 Å². The molecule has 3 saturated heterocycles. The van der Waals surface area contributed by atoms with Crippen molar-refractivity contribution in [1.82, 2.24) is 10.2 Å². The number of carbonyl (C=O) groups excluding carboxylic acids is 1. The third kappa shape index (κ3) is 4.02. The van der Waals surface area contributed by atoms with Gasteiger partial charge in [0.1, 0.15) is 11.5 Å². The molecule has 3 fully saturated rings. The zero-order valence-electron chi connectivity index (χ0n) is 13.2. The Morgan fingerprint density at radius 2 is 2.00 bits per heavy atom. The third-order valence-electron chi connectivity index (χ3n) is 4.50. The van der Waals surface area contributed by atoms with Gasteiger partial charge in [-0.05, 0) is 44.0 Å². The van der Waals surface area contributed by atoms with Crippen LogP contribution in [-0.2, 0) is 9.59 Å². The van der Waals surface area contributed by atoms with Crippen LogP contribution in [0, 0.1) is 11.3 Å². The number of benzene rings is 1. The second-order valence-electron chi connectivity index (χ2n) is 5.97. The summed E-state index contributed by atoms with van der Waals surface area (Å²) in [6, 6.07) is 4.41. The van der Waals surface area contributed by atoms with E-state index in [4.69, 9.17) is 21.0 Å². The number of amides is 1. The third-order valence-corrected chi connectivity index (χ3v) is 4.50. The normalized spacial score (nSPS) is 24.4. The van der Waals surface area contributed by atoms with E-state index in [1.54, 1.807) is 0 Å². The summed E-state index contributed by atoms with van der Waals surface area (Å²) in [4.78, 5) is 23.0. The number of rotatable bonds is 3. The van der Waals surface area contributed by atoms with Crippen LogP contribution in [0.5, 0.6) is 5.75 Å². The van der Waals surface area contributed by atoms with Crippen LogP contribution in [0.2, 0.25) is 0 Å². The molecule has 3 aliphatic heterocycles. The molecule has 24 heavy (non-hydrogen) atoms. The average Bonchev–Trinajstić information content (AvgIpc) is 2.56. The Bertz CT molecular complexity index is 627. The van der Waals surface area contributed by atoms with Crippen LogP contribution in [0.1, 0.15) is 18.4 Å². The number of nitrogens with zero attached hydrogens (tertiary/aromatic N) is 1. The van der Waals surface area contributed by atoms with Crippen molar-refractivity contribution in [3.63, 3.8) is 0 Å². The zero-order valence-corrected chi connectivity index (χ0v) is 13.2. The standard InChI is InChI=1S/C15H20N4O2.CH2O2/c16-12-7-10(20)1-2-11(12)14(17)15(21)18-13-8-19-5-3-9(13)4-6-19;2-1-3/h1-2,7,9,13,17,20H,3-6,8,16H2,(H,18,21);1H,(H,2,3)/t13-;/m0./s1. The highest BCUT2D eigenvalue weighted by Gasteiger charge is 2.35. The van der Waals surface area contributed by atoms with Crippen molar-refractivity contribution >= 4 is 23.8 Å². The molecule has 130 valence electrons. The fourth-order valence-corrected chi connectivity index (χ4v) is 3.27. The molecule has 3 heterocycles.